The number of amidine groups is 1. The highest BCUT2D eigenvalue weighted by Gasteiger charge is 2.21. The minimum Gasteiger partial charge on any atom is -0.384 e. The quantitative estimate of drug-likeness (QED) is 0.631. The fourth-order valence-corrected chi connectivity index (χ4v) is 2.23. The molecule has 12 heavy (non-hydrogen) atoms. The van der Waals surface area contributed by atoms with Crippen molar-refractivity contribution in [1.82, 2.24) is 0 Å². The number of nitrogens with two attached hydrogens (primary N) is 1. The first-order valence-corrected chi connectivity index (χ1v) is 4.88. The Morgan fingerprint density at radius 3 is 2.58 bits per heavy atom. The maximum absolute atomic E-state index is 5.79. The number of hydrogen-bond donors (Lipinski definition) is 1. The zero-order chi connectivity index (χ0) is 8.39. The zero-order valence-electron chi connectivity index (χ0n) is 7.42. The van der Waals surface area contributed by atoms with Crippen LogP contribution < -0.4 is 5.73 Å². The molecule has 66 valence electrons. The molecular formula is C10H16N2. The third kappa shape index (κ3) is 1.38. The Labute approximate surface area is 73.6 Å². The van der Waals surface area contributed by atoms with Crippen molar-refractivity contribution >= 4 is 5.84 Å². The smallest absolute Gasteiger partial charge is 0.121 e. The summed E-state index contributed by atoms with van der Waals surface area (Å²) in [5.41, 5.74) is 7.13. The molecule has 0 amide bonds. The Kier molecular flexibility index (Phi) is 2.15. The van der Waals surface area contributed by atoms with E-state index in [2.05, 4.69) is 11.1 Å². The molecular weight excluding hydrogens is 148 g/mol. The van der Waals surface area contributed by atoms with Gasteiger partial charge in [-0.15, -0.1) is 0 Å². The van der Waals surface area contributed by atoms with Gasteiger partial charge in [-0.2, -0.15) is 0 Å². The predicted molar refractivity (Wildman–Crippen MR) is 51.1 cm³/mol. The normalized spacial score (nSPS) is 25.3. The van der Waals surface area contributed by atoms with Crippen molar-refractivity contribution in [3.05, 3.63) is 11.6 Å². The molecule has 0 unspecified atom stereocenters. The molecule has 0 radical (unpaired) electrons. The highest BCUT2D eigenvalue weighted by molar-refractivity contribution is 5.99. The van der Waals surface area contributed by atoms with E-state index in [1.54, 1.807) is 0 Å². The van der Waals surface area contributed by atoms with Crippen molar-refractivity contribution < 1.29 is 0 Å². The van der Waals surface area contributed by atoms with Gasteiger partial charge < -0.3 is 5.73 Å². The van der Waals surface area contributed by atoms with Crippen molar-refractivity contribution in [3.8, 4) is 0 Å². The average molecular weight is 164 g/mol. The number of nitrogens with zero attached hydrogens (tertiary/aromatic N) is 1. The highest BCUT2D eigenvalue weighted by atomic mass is 14.9. The van der Waals surface area contributed by atoms with E-state index in [9.17, 15) is 0 Å². The first-order valence-electron chi connectivity index (χ1n) is 4.88. The van der Waals surface area contributed by atoms with E-state index in [0.29, 0.717) is 0 Å². The summed E-state index contributed by atoms with van der Waals surface area (Å²) in [6, 6.07) is 0. The summed E-state index contributed by atoms with van der Waals surface area (Å²) in [5.74, 6) is 1.53. The van der Waals surface area contributed by atoms with Gasteiger partial charge in [0.25, 0.3) is 0 Å². The molecule has 1 saturated carbocycles. The standard InChI is InChI=1S/C10H16N2/c11-10-9(6-7-12-10)8-4-2-1-3-5-8/h6,8H,1-5,7H2,(H2,11,12). The molecule has 0 aromatic rings. The van der Waals surface area contributed by atoms with Crippen LogP contribution in [0.2, 0.25) is 0 Å². The lowest BCUT2D eigenvalue weighted by Crippen LogP contribution is -2.20. The first kappa shape index (κ1) is 7.84. The van der Waals surface area contributed by atoms with Gasteiger partial charge in [0, 0.05) is 0 Å². The highest BCUT2D eigenvalue weighted by Crippen LogP contribution is 2.30. The molecule has 2 nitrogen and oxygen atoms in total. The number of rotatable bonds is 1. The molecule has 1 aliphatic carbocycles. The van der Waals surface area contributed by atoms with Gasteiger partial charge in [0.05, 0.1) is 6.54 Å². The van der Waals surface area contributed by atoms with Gasteiger partial charge in [-0.05, 0) is 24.3 Å². The van der Waals surface area contributed by atoms with Crippen LogP contribution in [0.3, 0.4) is 0 Å². The maximum atomic E-state index is 5.79. The second-order valence-electron chi connectivity index (χ2n) is 3.72. The average Bonchev–Trinajstić information content (AvgIpc) is 2.53. The van der Waals surface area contributed by atoms with Gasteiger partial charge in [-0.3, -0.25) is 4.99 Å². The van der Waals surface area contributed by atoms with E-state index in [-0.39, 0.29) is 0 Å². The van der Waals surface area contributed by atoms with Gasteiger partial charge >= 0.3 is 0 Å². The van der Waals surface area contributed by atoms with E-state index in [1.807, 2.05) is 0 Å². The molecule has 0 spiro atoms. The maximum Gasteiger partial charge on any atom is 0.121 e. The second-order valence-corrected chi connectivity index (χ2v) is 3.72. The minimum absolute atomic E-state index is 0.727. The Hall–Kier alpha value is -0.790. The van der Waals surface area contributed by atoms with E-state index in [4.69, 9.17) is 5.73 Å². The Morgan fingerprint density at radius 1 is 1.25 bits per heavy atom. The molecule has 0 aromatic carbocycles. The van der Waals surface area contributed by atoms with Gasteiger partial charge in [-0.25, -0.2) is 0 Å². The summed E-state index contributed by atoms with van der Waals surface area (Å²) in [6.45, 7) is 0.817. The van der Waals surface area contributed by atoms with Gasteiger partial charge in [0.1, 0.15) is 5.84 Å². The molecule has 2 N–H and O–H groups in total. The fourth-order valence-electron chi connectivity index (χ4n) is 2.23. The zero-order valence-corrected chi connectivity index (χ0v) is 7.42. The summed E-state index contributed by atoms with van der Waals surface area (Å²) in [7, 11) is 0. The van der Waals surface area contributed by atoms with Crippen LogP contribution in [0.1, 0.15) is 32.1 Å². The largest absolute Gasteiger partial charge is 0.384 e. The predicted octanol–water partition coefficient (Wildman–Crippen LogP) is 1.86. The summed E-state index contributed by atoms with van der Waals surface area (Å²) in [5, 5.41) is 0. The molecule has 1 heterocycles. The van der Waals surface area contributed by atoms with Crippen molar-refractivity contribution in [1.29, 1.82) is 0 Å². The van der Waals surface area contributed by atoms with Crippen LogP contribution in [0.15, 0.2) is 16.6 Å². The molecule has 2 heteroatoms. The molecule has 2 rings (SSSR count). The Bertz CT molecular complexity index is 222. The fraction of sp³-hybridized carbons (Fsp3) is 0.700. The number of hydrogen-bond acceptors (Lipinski definition) is 2. The molecule has 0 aromatic heterocycles. The topological polar surface area (TPSA) is 38.4 Å². The summed E-state index contributed by atoms with van der Waals surface area (Å²) < 4.78 is 0. The molecule has 1 aliphatic heterocycles. The second kappa shape index (κ2) is 3.30. The van der Waals surface area contributed by atoms with Crippen LogP contribution in [0.4, 0.5) is 0 Å². The van der Waals surface area contributed by atoms with E-state index >= 15 is 0 Å². The van der Waals surface area contributed by atoms with E-state index in [1.165, 1.54) is 37.7 Å². The van der Waals surface area contributed by atoms with Gasteiger partial charge in [0.2, 0.25) is 0 Å². The van der Waals surface area contributed by atoms with Crippen molar-refractivity contribution in [2.45, 2.75) is 32.1 Å². The third-order valence-corrected chi connectivity index (χ3v) is 2.91. The summed E-state index contributed by atoms with van der Waals surface area (Å²) >= 11 is 0. The lowest BCUT2D eigenvalue weighted by atomic mass is 9.83. The Balaban J connectivity index is 2.03. The van der Waals surface area contributed by atoms with E-state index < -0.39 is 0 Å². The van der Waals surface area contributed by atoms with Crippen molar-refractivity contribution in [3.63, 3.8) is 0 Å². The van der Waals surface area contributed by atoms with Crippen LogP contribution in [0.5, 0.6) is 0 Å². The SMILES string of the molecule is NC1=NCC=C1C1CCCCC1. The third-order valence-electron chi connectivity index (χ3n) is 2.91. The molecule has 2 aliphatic rings. The van der Waals surface area contributed by atoms with Crippen LogP contribution in [-0.4, -0.2) is 12.4 Å². The van der Waals surface area contributed by atoms with Crippen LogP contribution >= 0.6 is 0 Å². The lowest BCUT2D eigenvalue weighted by molar-refractivity contribution is 0.411. The molecule has 1 fully saturated rings. The van der Waals surface area contributed by atoms with Crippen molar-refractivity contribution in [2.75, 3.05) is 6.54 Å². The number of aliphatic imine (C=N–C) groups is 1. The van der Waals surface area contributed by atoms with Gasteiger partial charge in [-0.1, -0.05) is 25.3 Å². The molecule has 0 atom stereocenters. The lowest BCUT2D eigenvalue weighted by Gasteiger charge is -2.22. The van der Waals surface area contributed by atoms with Crippen molar-refractivity contribution in [2.24, 2.45) is 16.6 Å². The monoisotopic (exact) mass is 164 g/mol. The van der Waals surface area contributed by atoms with Crippen LogP contribution in [0.25, 0.3) is 0 Å². The summed E-state index contributed by atoms with van der Waals surface area (Å²) in [6.07, 6.45) is 8.99. The van der Waals surface area contributed by atoms with Gasteiger partial charge in [0.15, 0.2) is 0 Å². The van der Waals surface area contributed by atoms with Crippen LogP contribution in [-0.2, 0) is 0 Å². The Morgan fingerprint density at radius 2 is 2.00 bits per heavy atom. The first-order chi connectivity index (χ1) is 5.88. The minimum atomic E-state index is 0.727. The molecule has 0 bridgehead atoms. The summed E-state index contributed by atoms with van der Waals surface area (Å²) in [4.78, 5) is 4.19. The molecule has 0 saturated heterocycles. The van der Waals surface area contributed by atoms with Crippen LogP contribution in [0, 0.1) is 5.92 Å². The van der Waals surface area contributed by atoms with E-state index in [0.717, 1.165) is 18.3 Å².